The molecule has 1 unspecified atom stereocenters. The van der Waals surface area contributed by atoms with Crippen LogP contribution in [0.2, 0.25) is 0 Å². The maximum atomic E-state index is 5.82. The summed E-state index contributed by atoms with van der Waals surface area (Å²) in [4.78, 5) is 4.18. The van der Waals surface area contributed by atoms with Gasteiger partial charge in [0.1, 0.15) is 6.17 Å². The molecule has 0 spiro atoms. The van der Waals surface area contributed by atoms with E-state index in [-0.39, 0.29) is 11.5 Å². The van der Waals surface area contributed by atoms with Crippen LogP contribution in [0.4, 0.5) is 0 Å². The third-order valence-electron chi connectivity index (χ3n) is 1.26. The van der Waals surface area contributed by atoms with Gasteiger partial charge in [-0.3, -0.25) is 10.3 Å². The standard InChI is InChI=1S/C8H15ClN2/c1-4-5-6-11-8(10-3)7(2)9/h4-8,10H,1-3H3/b5-4-,11-6?/t7?,8-/m0/s1. The van der Waals surface area contributed by atoms with Crippen molar-refractivity contribution in [2.24, 2.45) is 4.99 Å². The number of aliphatic imine (C=N–C) groups is 1. The van der Waals surface area contributed by atoms with Crippen molar-refractivity contribution in [2.75, 3.05) is 7.05 Å². The van der Waals surface area contributed by atoms with Gasteiger partial charge in [0.05, 0.1) is 5.38 Å². The number of nitrogens with one attached hydrogen (secondary N) is 1. The molecule has 0 amide bonds. The first-order valence-corrected chi connectivity index (χ1v) is 4.11. The molecular formula is C8H15ClN2. The van der Waals surface area contributed by atoms with Gasteiger partial charge in [-0.1, -0.05) is 6.08 Å². The number of halogens is 1. The van der Waals surface area contributed by atoms with Gasteiger partial charge in [0, 0.05) is 6.21 Å². The minimum atomic E-state index is 0.00728. The Hall–Kier alpha value is -0.340. The zero-order chi connectivity index (χ0) is 8.69. The molecule has 0 aliphatic rings. The lowest BCUT2D eigenvalue weighted by atomic mass is 10.4. The summed E-state index contributed by atoms with van der Waals surface area (Å²) in [7, 11) is 1.84. The second-order valence-electron chi connectivity index (χ2n) is 2.23. The molecule has 0 heterocycles. The summed E-state index contributed by atoms with van der Waals surface area (Å²) in [6, 6.07) is 0. The average molecular weight is 175 g/mol. The number of hydrogen-bond acceptors (Lipinski definition) is 2. The molecule has 11 heavy (non-hydrogen) atoms. The van der Waals surface area contributed by atoms with E-state index in [1.54, 1.807) is 6.21 Å². The Morgan fingerprint density at radius 1 is 1.55 bits per heavy atom. The summed E-state index contributed by atoms with van der Waals surface area (Å²) in [5.74, 6) is 0. The largest absolute Gasteiger partial charge is 0.298 e. The highest BCUT2D eigenvalue weighted by Crippen LogP contribution is 2.01. The molecule has 0 rings (SSSR count). The van der Waals surface area contributed by atoms with Crippen molar-refractivity contribution >= 4 is 17.8 Å². The van der Waals surface area contributed by atoms with Crippen LogP contribution in [0.5, 0.6) is 0 Å². The monoisotopic (exact) mass is 174 g/mol. The van der Waals surface area contributed by atoms with E-state index in [1.807, 2.05) is 33.0 Å². The summed E-state index contributed by atoms with van der Waals surface area (Å²) in [5.41, 5.74) is 0. The fraction of sp³-hybridized carbons (Fsp3) is 0.625. The molecular weight excluding hydrogens is 160 g/mol. The van der Waals surface area contributed by atoms with Crippen molar-refractivity contribution < 1.29 is 0 Å². The van der Waals surface area contributed by atoms with Gasteiger partial charge in [-0.2, -0.15) is 0 Å². The minimum absolute atomic E-state index is 0.00728. The maximum absolute atomic E-state index is 5.82. The molecule has 2 atom stereocenters. The van der Waals surface area contributed by atoms with E-state index in [2.05, 4.69) is 10.3 Å². The number of allylic oxidation sites excluding steroid dienone is 2. The van der Waals surface area contributed by atoms with Crippen molar-refractivity contribution in [3.8, 4) is 0 Å². The van der Waals surface area contributed by atoms with Crippen molar-refractivity contribution in [3.05, 3.63) is 12.2 Å². The molecule has 64 valence electrons. The van der Waals surface area contributed by atoms with Crippen molar-refractivity contribution in [2.45, 2.75) is 25.4 Å². The zero-order valence-corrected chi connectivity index (χ0v) is 7.97. The molecule has 0 saturated heterocycles. The Labute approximate surface area is 73.4 Å². The lowest BCUT2D eigenvalue weighted by molar-refractivity contribution is 0.579. The first kappa shape index (κ1) is 10.7. The fourth-order valence-corrected chi connectivity index (χ4v) is 0.842. The lowest BCUT2D eigenvalue weighted by Gasteiger charge is -2.12. The summed E-state index contributed by atoms with van der Waals surface area (Å²) in [6.45, 7) is 3.86. The van der Waals surface area contributed by atoms with E-state index in [4.69, 9.17) is 11.6 Å². The van der Waals surface area contributed by atoms with E-state index < -0.39 is 0 Å². The quantitative estimate of drug-likeness (QED) is 0.510. The zero-order valence-electron chi connectivity index (χ0n) is 7.21. The van der Waals surface area contributed by atoms with Crippen molar-refractivity contribution in [1.82, 2.24) is 5.32 Å². The number of hydrogen-bond donors (Lipinski definition) is 1. The first-order valence-electron chi connectivity index (χ1n) is 3.68. The predicted molar refractivity (Wildman–Crippen MR) is 51.5 cm³/mol. The van der Waals surface area contributed by atoms with Gasteiger partial charge in [0.25, 0.3) is 0 Å². The maximum Gasteiger partial charge on any atom is 0.115 e. The van der Waals surface area contributed by atoms with Crippen molar-refractivity contribution in [3.63, 3.8) is 0 Å². The van der Waals surface area contributed by atoms with E-state index in [1.165, 1.54) is 0 Å². The lowest BCUT2D eigenvalue weighted by Crippen LogP contribution is -2.30. The van der Waals surface area contributed by atoms with Crippen LogP contribution in [0.3, 0.4) is 0 Å². The minimum Gasteiger partial charge on any atom is -0.298 e. The third-order valence-corrected chi connectivity index (χ3v) is 1.49. The summed E-state index contributed by atoms with van der Waals surface area (Å²) in [6.07, 6.45) is 5.56. The van der Waals surface area contributed by atoms with Gasteiger partial charge in [-0.05, 0) is 27.0 Å². The summed E-state index contributed by atoms with van der Waals surface area (Å²) in [5, 5.41) is 3.01. The Morgan fingerprint density at radius 3 is 2.55 bits per heavy atom. The predicted octanol–water partition coefficient (Wildman–Crippen LogP) is 1.81. The van der Waals surface area contributed by atoms with Crippen LogP contribution in [0.15, 0.2) is 17.1 Å². The van der Waals surface area contributed by atoms with Crippen LogP contribution in [0.25, 0.3) is 0 Å². The molecule has 0 bridgehead atoms. The summed E-state index contributed by atoms with van der Waals surface area (Å²) < 4.78 is 0. The Bertz CT molecular complexity index is 141. The fourth-order valence-electron chi connectivity index (χ4n) is 0.651. The highest BCUT2D eigenvalue weighted by molar-refractivity contribution is 6.20. The normalized spacial score (nSPS) is 17.8. The van der Waals surface area contributed by atoms with E-state index in [9.17, 15) is 0 Å². The van der Waals surface area contributed by atoms with Crippen molar-refractivity contribution in [1.29, 1.82) is 0 Å². The van der Waals surface area contributed by atoms with Gasteiger partial charge in [-0.15, -0.1) is 11.6 Å². The molecule has 0 saturated carbocycles. The molecule has 0 aromatic rings. The van der Waals surface area contributed by atoms with Gasteiger partial charge in [0.15, 0.2) is 0 Å². The molecule has 0 aliphatic heterocycles. The van der Waals surface area contributed by atoms with Gasteiger partial charge < -0.3 is 0 Å². The molecule has 0 fully saturated rings. The molecule has 0 aromatic heterocycles. The second-order valence-corrected chi connectivity index (χ2v) is 2.92. The third kappa shape index (κ3) is 4.99. The first-order chi connectivity index (χ1) is 5.22. The van der Waals surface area contributed by atoms with Crippen LogP contribution in [0.1, 0.15) is 13.8 Å². The molecule has 2 nitrogen and oxygen atoms in total. The van der Waals surface area contributed by atoms with E-state index >= 15 is 0 Å². The van der Waals surface area contributed by atoms with Crippen LogP contribution in [0, 0.1) is 0 Å². The molecule has 3 heteroatoms. The van der Waals surface area contributed by atoms with Crippen LogP contribution >= 0.6 is 11.6 Å². The Balaban J connectivity index is 3.86. The highest BCUT2D eigenvalue weighted by Gasteiger charge is 2.08. The highest BCUT2D eigenvalue weighted by atomic mass is 35.5. The van der Waals surface area contributed by atoms with Gasteiger partial charge >= 0.3 is 0 Å². The average Bonchev–Trinajstić information content (AvgIpc) is 1.97. The van der Waals surface area contributed by atoms with E-state index in [0.29, 0.717) is 0 Å². The number of nitrogens with zero attached hydrogens (tertiary/aromatic N) is 1. The molecule has 0 aliphatic carbocycles. The van der Waals surface area contributed by atoms with Gasteiger partial charge in [0.2, 0.25) is 0 Å². The molecule has 0 aromatic carbocycles. The Kier molecular flexibility index (Phi) is 6.18. The number of rotatable bonds is 4. The van der Waals surface area contributed by atoms with E-state index in [0.717, 1.165) is 0 Å². The second kappa shape index (κ2) is 6.38. The molecule has 0 radical (unpaired) electrons. The van der Waals surface area contributed by atoms with Crippen LogP contribution < -0.4 is 5.32 Å². The summed E-state index contributed by atoms with van der Waals surface area (Å²) >= 11 is 5.82. The SMILES string of the molecule is C/C=C\C=N[C@H](NC)C(C)Cl. The Morgan fingerprint density at radius 2 is 2.18 bits per heavy atom. The topological polar surface area (TPSA) is 24.4 Å². The smallest absolute Gasteiger partial charge is 0.115 e. The van der Waals surface area contributed by atoms with Crippen LogP contribution in [-0.4, -0.2) is 24.8 Å². The molecule has 1 N–H and O–H groups in total. The van der Waals surface area contributed by atoms with Gasteiger partial charge in [-0.25, -0.2) is 0 Å². The number of alkyl halides is 1. The van der Waals surface area contributed by atoms with Crippen LogP contribution in [-0.2, 0) is 0 Å².